The van der Waals surface area contributed by atoms with Crippen molar-refractivity contribution in [2.75, 3.05) is 14.2 Å². The van der Waals surface area contributed by atoms with E-state index in [9.17, 15) is 19.8 Å². The average molecular weight is 591 g/mol. The predicted molar refractivity (Wildman–Crippen MR) is 154 cm³/mol. The van der Waals surface area contributed by atoms with E-state index in [0.29, 0.717) is 35.5 Å². The van der Waals surface area contributed by atoms with Crippen LogP contribution in [0.3, 0.4) is 0 Å². The van der Waals surface area contributed by atoms with Crippen LogP contribution in [0.1, 0.15) is 81.8 Å². The zero-order valence-electron chi connectivity index (χ0n) is 25.4. The minimum atomic E-state index is -1.24. The van der Waals surface area contributed by atoms with Crippen LogP contribution in [0, 0.1) is 13.8 Å². The van der Waals surface area contributed by atoms with E-state index in [-0.39, 0.29) is 34.1 Å². The molecule has 0 fully saturated rings. The Morgan fingerprint density at radius 1 is 0.698 bits per heavy atom. The number of carboxylic acid groups (broad SMARTS) is 2. The van der Waals surface area contributed by atoms with Gasteiger partial charge in [0, 0.05) is 12.8 Å². The smallest absolute Gasteiger partial charge is 0.339 e. The molecule has 10 heteroatoms. The van der Waals surface area contributed by atoms with Crippen LogP contribution in [0.2, 0.25) is 0 Å². The maximum Gasteiger partial charge on any atom is 0.339 e. The van der Waals surface area contributed by atoms with E-state index in [1.807, 2.05) is 39.8 Å². The van der Waals surface area contributed by atoms with Gasteiger partial charge in [-0.05, 0) is 99.2 Å². The first-order chi connectivity index (χ1) is 20.1. The van der Waals surface area contributed by atoms with Crippen molar-refractivity contribution in [1.29, 1.82) is 0 Å². The summed E-state index contributed by atoms with van der Waals surface area (Å²) < 4.78 is 37.0. The molecule has 10 nitrogen and oxygen atoms in total. The molecule has 2 N–H and O–H groups in total. The lowest BCUT2D eigenvalue weighted by Crippen LogP contribution is -2.55. The molecule has 0 amide bonds. The fraction of sp³-hybridized carbons (Fsp3) is 0.394. The van der Waals surface area contributed by atoms with Crippen molar-refractivity contribution in [3.8, 4) is 34.5 Å². The van der Waals surface area contributed by atoms with Crippen LogP contribution in [-0.4, -0.2) is 42.2 Å². The summed E-state index contributed by atoms with van der Waals surface area (Å²) in [6.45, 7) is 11.0. The van der Waals surface area contributed by atoms with Crippen LogP contribution in [-0.2, 0) is 33.5 Å². The molecule has 3 aliphatic heterocycles. The maximum atomic E-state index is 12.3. The van der Waals surface area contributed by atoms with Gasteiger partial charge in [0.25, 0.3) is 0 Å². The number of carbonyl (C=O) groups is 2. The second-order valence-electron chi connectivity index (χ2n) is 12.3. The number of methoxy groups -OCH3 is 2. The second kappa shape index (κ2) is 9.36. The second-order valence-corrected chi connectivity index (χ2v) is 12.3. The van der Waals surface area contributed by atoms with Crippen molar-refractivity contribution >= 4 is 11.9 Å². The normalized spacial score (nSPS) is 20.5. The molecule has 0 bridgehead atoms. The summed E-state index contributed by atoms with van der Waals surface area (Å²) in [5.74, 6) is -2.00. The SMILES string of the molecule is COc1cc2c(cc1OC)C(C)(C)OC1(C2)Cc2cc3c(cc2C(C)(C)O1)Oc1c(c(C(=O)O)c(C)c(C)c1C(=O)O)O3. The molecule has 6 rings (SSSR count). The van der Waals surface area contributed by atoms with Gasteiger partial charge in [-0.3, -0.25) is 0 Å². The van der Waals surface area contributed by atoms with Crippen LogP contribution < -0.4 is 18.9 Å². The molecule has 0 saturated carbocycles. The van der Waals surface area contributed by atoms with Gasteiger partial charge in [-0.25, -0.2) is 9.59 Å². The van der Waals surface area contributed by atoms with Gasteiger partial charge < -0.3 is 38.6 Å². The highest BCUT2D eigenvalue weighted by Gasteiger charge is 2.52. The number of hydrogen-bond donors (Lipinski definition) is 2. The molecule has 0 aromatic heterocycles. The first-order valence-electron chi connectivity index (χ1n) is 13.9. The highest BCUT2D eigenvalue weighted by molar-refractivity contribution is 6.01. The van der Waals surface area contributed by atoms with Crippen LogP contribution in [0.4, 0.5) is 0 Å². The zero-order valence-corrected chi connectivity index (χ0v) is 25.4. The number of fused-ring (bicyclic) bond motifs is 4. The molecule has 43 heavy (non-hydrogen) atoms. The van der Waals surface area contributed by atoms with Gasteiger partial charge in [0.1, 0.15) is 11.1 Å². The molecule has 3 aromatic rings. The fourth-order valence-corrected chi connectivity index (χ4v) is 6.82. The maximum absolute atomic E-state index is 12.3. The summed E-state index contributed by atoms with van der Waals surface area (Å²) in [6, 6.07) is 7.49. The predicted octanol–water partition coefficient (Wildman–Crippen LogP) is 6.63. The van der Waals surface area contributed by atoms with Gasteiger partial charge in [-0.2, -0.15) is 0 Å². The Balaban J connectivity index is 1.46. The topological polar surface area (TPSA) is 130 Å². The Kier molecular flexibility index (Phi) is 6.27. The molecule has 0 radical (unpaired) electrons. The number of carboxylic acids is 2. The Labute approximate surface area is 249 Å². The Hall–Kier alpha value is -4.28. The third kappa shape index (κ3) is 4.31. The van der Waals surface area contributed by atoms with E-state index in [0.717, 1.165) is 22.3 Å². The zero-order chi connectivity index (χ0) is 31.2. The monoisotopic (exact) mass is 590 g/mol. The molecular formula is C33H34O10. The summed E-state index contributed by atoms with van der Waals surface area (Å²) in [7, 11) is 3.20. The molecule has 0 saturated heterocycles. The van der Waals surface area contributed by atoms with Crippen molar-refractivity contribution in [3.63, 3.8) is 0 Å². The largest absolute Gasteiger partial charge is 0.493 e. The van der Waals surface area contributed by atoms with Crippen molar-refractivity contribution < 1.29 is 48.2 Å². The van der Waals surface area contributed by atoms with Crippen LogP contribution in [0.5, 0.6) is 34.5 Å². The Bertz CT molecular complexity index is 1730. The lowest BCUT2D eigenvalue weighted by molar-refractivity contribution is -0.335. The Morgan fingerprint density at radius 3 is 1.58 bits per heavy atom. The molecule has 1 spiro atoms. The van der Waals surface area contributed by atoms with E-state index in [1.54, 1.807) is 40.2 Å². The summed E-state index contributed by atoms with van der Waals surface area (Å²) in [5, 5.41) is 20.0. The molecule has 1 atom stereocenters. The number of rotatable bonds is 4. The quantitative estimate of drug-likeness (QED) is 0.267. The first-order valence-corrected chi connectivity index (χ1v) is 13.9. The minimum absolute atomic E-state index is 0.133. The number of aromatic carboxylic acids is 2. The van der Waals surface area contributed by atoms with Crippen molar-refractivity contribution in [2.45, 2.75) is 71.4 Å². The first kappa shape index (κ1) is 28.8. The van der Waals surface area contributed by atoms with Gasteiger partial charge in [0.05, 0.1) is 25.4 Å². The lowest BCUT2D eigenvalue weighted by Gasteiger charge is -2.52. The number of hydrogen-bond acceptors (Lipinski definition) is 8. The summed E-state index contributed by atoms with van der Waals surface area (Å²) in [4.78, 5) is 24.5. The lowest BCUT2D eigenvalue weighted by atomic mass is 9.79. The van der Waals surface area contributed by atoms with E-state index in [1.165, 1.54) is 0 Å². The number of ether oxygens (including phenoxy) is 6. The van der Waals surface area contributed by atoms with Crippen LogP contribution in [0.25, 0.3) is 0 Å². The highest BCUT2D eigenvalue weighted by atomic mass is 16.7. The van der Waals surface area contributed by atoms with Crippen LogP contribution >= 0.6 is 0 Å². The van der Waals surface area contributed by atoms with E-state index in [4.69, 9.17) is 28.4 Å². The molecular weight excluding hydrogens is 556 g/mol. The van der Waals surface area contributed by atoms with Crippen LogP contribution in [0.15, 0.2) is 24.3 Å². The van der Waals surface area contributed by atoms with E-state index in [2.05, 4.69) is 0 Å². The third-order valence-corrected chi connectivity index (χ3v) is 8.70. The third-order valence-electron chi connectivity index (χ3n) is 8.70. The Morgan fingerprint density at radius 2 is 1.12 bits per heavy atom. The fourth-order valence-electron chi connectivity index (χ4n) is 6.82. The molecule has 3 heterocycles. The molecule has 0 aliphatic carbocycles. The molecule has 3 aromatic carbocycles. The van der Waals surface area contributed by atoms with Crippen molar-refractivity contribution in [3.05, 3.63) is 68.8 Å². The summed E-state index contributed by atoms with van der Waals surface area (Å²) >= 11 is 0. The minimum Gasteiger partial charge on any atom is -0.493 e. The van der Waals surface area contributed by atoms with Gasteiger partial charge in [-0.15, -0.1) is 0 Å². The van der Waals surface area contributed by atoms with Gasteiger partial charge in [0.15, 0.2) is 40.3 Å². The van der Waals surface area contributed by atoms with Gasteiger partial charge in [0.2, 0.25) is 0 Å². The van der Waals surface area contributed by atoms with Crippen molar-refractivity contribution in [2.24, 2.45) is 0 Å². The van der Waals surface area contributed by atoms with Crippen molar-refractivity contribution in [1.82, 2.24) is 0 Å². The van der Waals surface area contributed by atoms with Gasteiger partial charge in [-0.1, -0.05) is 0 Å². The summed E-state index contributed by atoms with van der Waals surface area (Å²) in [6.07, 6.45) is 0.807. The van der Waals surface area contributed by atoms with Gasteiger partial charge >= 0.3 is 11.9 Å². The molecule has 3 aliphatic rings. The highest BCUT2D eigenvalue weighted by Crippen LogP contribution is 2.56. The summed E-state index contributed by atoms with van der Waals surface area (Å²) in [5.41, 5.74) is 2.42. The number of benzene rings is 3. The van der Waals surface area contributed by atoms with E-state index >= 15 is 0 Å². The van der Waals surface area contributed by atoms with E-state index < -0.39 is 28.9 Å². The average Bonchev–Trinajstić information content (AvgIpc) is 2.90. The standard InChI is InChI=1S/C33H34O10/c1-15-16(2)26(30(36)37)28-27(25(15)29(34)35)40-23-10-18-14-33(43-32(5,6)20(18)12-24(23)41-28)13-17-9-21(38-7)22(39-8)11-19(17)31(3,4)42-33/h9-12H,13-14H2,1-8H3,(H,34,35)(H,36,37). The molecule has 226 valence electrons. The molecule has 1 unspecified atom stereocenters.